The van der Waals surface area contributed by atoms with Gasteiger partial charge in [0.25, 0.3) is 5.91 Å². The molecule has 4 rings (SSSR count). The van der Waals surface area contributed by atoms with E-state index in [0.717, 1.165) is 16.3 Å². The molecule has 0 unspecified atom stereocenters. The van der Waals surface area contributed by atoms with Crippen molar-refractivity contribution in [3.8, 4) is 11.5 Å². The Kier molecular flexibility index (Phi) is 4.53. The number of benzene rings is 2. The molecule has 3 aromatic rings. The topological polar surface area (TPSA) is 73.6 Å². The van der Waals surface area contributed by atoms with Crippen LogP contribution in [0.2, 0.25) is 0 Å². The maximum atomic E-state index is 12.7. The van der Waals surface area contributed by atoms with Gasteiger partial charge in [0.15, 0.2) is 11.5 Å². The number of nitrogens with one attached hydrogen (secondary N) is 1. The minimum atomic E-state index is -0.180. The number of fused-ring (bicyclic) bond motifs is 1. The van der Waals surface area contributed by atoms with Crippen molar-refractivity contribution in [2.75, 3.05) is 12.1 Å². The van der Waals surface area contributed by atoms with Gasteiger partial charge in [-0.25, -0.2) is 0 Å². The molecule has 1 amide bonds. The summed E-state index contributed by atoms with van der Waals surface area (Å²) in [5.41, 5.74) is 2.10. The fraction of sp³-hybridized carbons (Fsp3) is 0.158. The first-order valence-corrected chi connectivity index (χ1v) is 9.02. The van der Waals surface area contributed by atoms with Crippen molar-refractivity contribution in [1.29, 1.82) is 0 Å². The van der Waals surface area contributed by atoms with Crippen molar-refractivity contribution in [2.45, 2.75) is 17.6 Å². The second-order valence-electron chi connectivity index (χ2n) is 5.74. The lowest BCUT2D eigenvalue weighted by Gasteiger charge is -2.10. The average molecular weight is 368 g/mol. The average Bonchev–Trinajstić information content (AvgIpc) is 3.28. The second-order valence-corrected chi connectivity index (χ2v) is 6.76. The van der Waals surface area contributed by atoms with Crippen LogP contribution in [0.15, 0.2) is 57.9 Å². The van der Waals surface area contributed by atoms with E-state index in [1.807, 2.05) is 31.2 Å². The molecule has 2 aromatic carbocycles. The standard InChI is InChI=1S/C19H16N2O4S/c1-12-8-14(25-21-12)10-26-18-5-3-2-4-15(18)19(22)20-13-6-7-16-17(9-13)24-11-23-16/h2-9H,10-11H2,1H3,(H,20,22). The highest BCUT2D eigenvalue weighted by atomic mass is 32.2. The van der Waals surface area contributed by atoms with Crippen LogP contribution < -0.4 is 14.8 Å². The molecule has 1 aromatic heterocycles. The van der Waals surface area contributed by atoms with E-state index in [-0.39, 0.29) is 12.7 Å². The molecular formula is C19H16N2O4S. The van der Waals surface area contributed by atoms with Crippen LogP contribution in [0.4, 0.5) is 5.69 Å². The number of anilines is 1. The quantitative estimate of drug-likeness (QED) is 0.679. The van der Waals surface area contributed by atoms with Crippen molar-refractivity contribution in [2.24, 2.45) is 0 Å². The maximum Gasteiger partial charge on any atom is 0.256 e. The molecule has 1 aliphatic rings. The van der Waals surface area contributed by atoms with Gasteiger partial charge in [-0.05, 0) is 31.2 Å². The van der Waals surface area contributed by atoms with Gasteiger partial charge in [0.2, 0.25) is 6.79 Å². The Hall–Kier alpha value is -2.93. The van der Waals surface area contributed by atoms with E-state index in [1.54, 1.807) is 24.3 Å². The fourth-order valence-electron chi connectivity index (χ4n) is 2.59. The minimum absolute atomic E-state index is 0.180. The molecule has 6 nitrogen and oxygen atoms in total. The highest BCUT2D eigenvalue weighted by Gasteiger charge is 2.16. The molecule has 0 bridgehead atoms. The highest BCUT2D eigenvalue weighted by Crippen LogP contribution is 2.34. The summed E-state index contributed by atoms with van der Waals surface area (Å²) in [6.07, 6.45) is 0. The molecule has 132 valence electrons. The first-order valence-electron chi connectivity index (χ1n) is 8.04. The van der Waals surface area contributed by atoms with Crippen molar-refractivity contribution in [3.05, 3.63) is 65.5 Å². The molecular weight excluding hydrogens is 352 g/mol. The van der Waals surface area contributed by atoms with Gasteiger partial charge in [0.1, 0.15) is 5.76 Å². The zero-order chi connectivity index (χ0) is 17.9. The molecule has 7 heteroatoms. The van der Waals surface area contributed by atoms with E-state index in [0.29, 0.717) is 28.5 Å². The normalized spacial score (nSPS) is 12.2. The van der Waals surface area contributed by atoms with Crippen LogP contribution in [-0.2, 0) is 5.75 Å². The lowest BCUT2D eigenvalue weighted by atomic mass is 10.2. The van der Waals surface area contributed by atoms with Crippen molar-refractivity contribution in [3.63, 3.8) is 0 Å². The van der Waals surface area contributed by atoms with Gasteiger partial charge < -0.3 is 19.3 Å². The van der Waals surface area contributed by atoms with Crippen molar-refractivity contribution in [1.82, 2.24) is 5.16 Å². The lowest BCUT2D eigenvalue weighted by Crippen LogP contribution is -2.12. The largest absolute Gasteiger partial charge is 0.454 e. The van der Waals surface area contributed by atoms with Crippen molar-refractivity contribution < 1.29 is 18.8 Å². The molecule has 0 saturated heterocycles. The summed E-state index contributed by atoms with van der Waals surface area (Å²) >= 11 is 1.53. The Morgan fingerprint density at radius 3 is 2.85 bits per heavy atom. The number of carbonyl (C=O) groups is 1. The van der Waals surface area contributed by atoms with Gasteiger partial charge in [-0.2, -0.15) is 0 Å². The number of nitrogens with zero attached hydrogens (tertiary/aromatic N) is 1. The summed E-state index contributed by atoms with van der Waals surface area (Å²) < 4.78 is 15.9. The number of carbonyl (C=O) groups excluding carboxylic acids is 1. The summed E-state index contributed by atoms with van der Waals surface area (Å²) in [5, 5.41) is 6.79. The summed E-state index contributed by atoms with van der Waals surface area (Å²) in [6, 6.07) is 14.7. The zero-order valence-corrected chi connectivity index (χ0v) is 14.8. The number of ether oxygens (including phenoxy) is 2. The van der Waals surface area contributed by atoms with Gasteiger partial charge in [0.05, 0.1) is 17.0 Å². The molecule has 0 radical (unpaired) electrons. The molecule has 0 fully saturated rings. The van der Waals surface area contributed by atoms with E-state index in [2.05, 4.69) is 10.5 Å². The van der Waals surface area contributed by atoms with E-state index >= 15 is 0 Å². The zero-order valence-electron chi connectivity index (χ0n) is 14.0. The number of hydrogen-bond acceptors (Lipinski definition) is 6. The molecule has 0 spiro atoms. The summed E-state index contributed by atoms with van der Waals surface area (Å²) in [7, 11) is 0. The summed E-state index contributed by atoms with van der Waals surface area (Å²) in [4.78, 5) is 13.6. The SMILES string of the molecule is Cc1cc(CSc2ccccc2C(=O)Nc2ccc3c(c2)OCO3)on1. The van der Waals surface area contributed by atoms with E-state index in [9.17, 15) is 4.79 Å². The van der Waals surface area contributed by atoms with Crippen LogP contribution in [0.3, 0.4) is 0 Å². The third-order valence-electron chi connectivity index (χ3n) is 3.81. The van der Waals surface area contributed by atoms with Crippen LogP contribution in [-0.4, -0.2) is 17.9 Å². The van der Waals surface area contributed by atoms with Gasteiger partial charge in [-0.3, -0.25) is 4.79 Å². The Morgan fingerprint density at radius 1 is 1.15 bits per heavy atom. The van der Waals surface area contributed by atoms with E-state index in [4.69, 9.17) is 14.0 Å². The van der Waals surface area contributed by atoms with Crippen LogP contribution in [0, 0.1) is 6.92 Å². The molecule has 2 heterocycles. The Bertz CT molecular complexity index is 954. The first kappa shape index (κ1) is 16.5. The number of hydrogen-bond donors (Lipinski definition) is 1. The molecule has 26 heavy (non-hydrogen) atoms. The van der Waals surface area contributed by atoms with Gasteiger partial charge in [-0.15, -0.1) is 11.8 Å². The van der Waals surface area contributed by atoms with Crippen molar-refractivity contribution >= 4 is 23.4 Å². The predicted molar refractivity (Wildman–Crippen MR) is 97.8 cm³/mol. The number of thioether (sulfide) groups is 1. The summed E-state index contributed by atoms with van der Waals surface area (Å²) in [5.74, 6) is 2.52. The van der Waals surface area contributed by atoms with Gasteiger partial charge >= 0.3 is 0 Å². The highest BCUT2D eigenvalue weighted by molar-refractivity contribution is 7.98. The van der Waals surface area contributed by atoms with Crippen LogP contribution in [0.25, 0.3) is 0 Å². The Labute approximate surface area is 154 Å². The van der Waals surface area contributed by atoms with Gasteiger partial charge in [0, 0.05) is 22.7 Å². The van der Waals surface area contributed by atoms with Crippen LogP contribution in [0.5, 0.6) is 11.5 Å². The first-order chi connectivity index (χ1) is 12.7. The fourth-order valence-corrected chi connectivity index (χ4v) is 3.51. The molecule has 0 saturated carbocycles. The molecule has 1 N–H and O–H groups in total. The van der Waals surface area contributed by atoms with E-state index in [1.165, 1.54) is 11.8 Å². The smallest absolute Gasteiger partial charge is 0.256 e. The number of aryl methyl sites for hydroxylation is 1. The molecule has 1 aliphatic heterocycles. The second kappa shape index (κ2) is 7.13. The minimum Gasteiger partial charge on any atom is -0.454 e. The Morgan fingerprint density at radius 2 is 2.00 bits per heavy atom. The monoisotopic (exact) mass is 368 g/mol. The lowest BCUT2D eigenvalue weighted by molar-refractivity contribution is 0.102. The maximum absolute atomic E-state index is 12.7. The number of rotatable bonds is 5. The number of amides is 1. The predicted octanol–water partition coefficient (Wildman–Crippen LogP) is 4.26. The molecule has 0 atom stereocenters. The van der Waals surface area contributed by atoms with Gasteiger partial charge in [-0.1, -0.05) is 17.3 Å². The Balaban J connectivity index is 1.49. The molecule has 0 aliphatic carbocycles. The number of aromatic nitrogens is 1. The van der Waals surface area contributed by atoms with Crippen LogP contribution >= 0.6 is 11.8 Å². The van der Waals surface area contributed by atoms with E-state index < -0.39 is 0 Å². The third kappa shape index (κ3) is 3.52. The summed E-state index contributed by atoms with van der Waals surface area (Å²) in [6.45, 7) is 2.08. The third-order valence-corrected chi connectivity index (χ3v) is 4.90. The van der Waals surface area contributed by atoms with Crippen LogP contribution in [0.1, 0.15) is 21.8 Å².